The standard InChI is InChI=1S/C26H32N4O3/c1-20-4-2-5-21(14-20)15-24(31)28-11-7-23(8-12-28)30-25(32)29(17-22-6-3-10-27-16-22)18-26(30)9-13-33-19-26/h2-6,10,14,16,23H,7-9,11-13,15,17-19H2,1H3. The van der Waals surface area contributed by atoms with Crippen molar-refractivity contribution in [1.29, 1.82) is 0 Å². The summed E-state index contributed by atoms with van der Waals surface area (Å²) in [6.45, 7) is 5.98. The number of piperidine rings is 1. The predicted octanol–water partition coefficient (Wildman–Crippen LogP) is 3.02. The van der Waals surface area contributed by atoms with Gasteiger partial charge in [0.1, 0.15) is 0 Å². The van der Waals surface area contributed by atoms with Gasteiger partial charge in [0, 0.05) is 51.2 Å². The average Bonchev–Trinajstić information content (AvgIpc) is 3.39. The molecule has 1 atom stereocenters. The fourth-order valence-corrected chi connectivity index (χ4v) is 5.63. The van der Waals surface area contributed by atoms with Gasteiger partial charge >= 0.3 is 6.03 Å². The Hall–Kier alpha value is -2.93. The first kappa shape index (κ1) is 21.9. The van der Waals surface area contributed by atoms with Gasteiger partial charge in [-0.25, -0.2) is 4.79 Å². The summed E-state index contributed by atoms with van der Waals surface area (Å²) in [5.41, 5.74) is 3.02. The van der Waals surface area contributed by atoms with E-state index in [9.17, 15) is 9.59 Å². The molecule has 0 bridgehead atoms. The van der Waals surface area contributed by atoms with E-state index in [4.69, 9.17) is 4.74 Å². The Morgan fingerprint density at radius 1 is 1.18 bits per heavy atom. The zero-order valence-corrected chi connectivity index (χ0v) is 19.3. The zero-order valence-electron chi connectivity index (χ0n) is 19.3. The molecule has 3 fully saturated rings. The lowest BCUT2D eigenvalue weighted by Crippen LogP contribution is -2.56. The smallest absolute Gasteiger partial charge is 0.321 e. The molecule has 0 saturated carbocycles. The number of aromatic nitrogens is 1. The molecule has 174 valence electrons. The number of carbonyl (C=O) groups is 2. The summed E-state index contributed by atoms with van der Waals surface area (Å²) < 4.78 is 5.79. The molecule has 3 aliphatic heterocycles. The van der Waals surface area contributed by atoms with E-state index in [-0.39, 0.29) is 23.5 Å². The first-order valence-corrected chi connectivity index (χ1v) is 11.9. The normalized spacial score (nSPS) is 23.7. The van der Waals surface area contributed by atoms with Gasteiger partial charge in [0.25, 0.3) is 0 Å². The van der Waals surface area contributed by atoms with Gasteiger partial charge in [0.15, 0.2) is 0 Å². The minimum atomic E-state index is -0.252. The Morgan fingerprint density at radius 3 is 2.70 bits per heavy atom. The Kier molecular flexibility index (Phi) is 6.06. The van der Waals surface area contributed by atoms with Crippen molar-refractivity contribution < 1.29 is 14.3 Å². The maximum Gasteiger partial charge on any atom is 0.321 e. The van der Waals surface area contributed by atoms with Crippen LogP contribution in [0.3, 0.4) is 0 Å². The van der Waals surface area contributed by atoms with Gasteiger partial charge in [-0.15, -0.1) is 0 Å². The third-order valence-corrected chi connectivity index (χ3v) is 7.27. The van der Waals surface area contributed by atoms with Gasteiger partial charge in [0.2, 0.25) is 5.91 Å². The molecule has 1 unspecified atom stereocenters. The van der Waals surface area contributed by atoms with E-state index < -0.39 is 0 Å². The third kappa shape index (κ3) is 4.47. The zero-order chi connectivity index (χ0) is 22.8. The molecule has 33 heavy (non-hydrogen) atoms. The van der Waals surface area contributed by atoms with Crippen LogP contribution < -0.4 is 0 Å². The molecule has 7 heteroatoms. The molecule has 0 radical (unpaired) electrons. The summed E-state index contributed by atoms with van der Waals surface area (Å²) in [6, 6.07) is 12.3. The van der Waals surface area contributed by atoms with Crippen molar-refractivity contribution in [2.24, 2.45) is 0 Å². The lowest BCUT2D eigenvalue weighted by Gasteiger charge is -2.42. The molecule has 0 N–H and O–H groups in total. The second-order valence-corrected chi connectivity index (χ2v) is 9.67. The first-order chi connectivity index (χ1) is 16.0. The number of pyridine rings is 1. The molecule has 1 aromatic carbocycles. The summed E-state index contributed by atoms with van der Waals surface area (Å²) >= 11 is 0. The first-order valence-electron chi connectivity index (χ1n) is 11.9. The maximum atomic E-state index is 13.6. The van der Waals surface area contributed by atoms with Gasteiger partial charge in [-0.05, 0) is 43.4 Å². The van der Waals surface area contributed by atoms with Crippen LogP contribution in [0, 0.1) is 6.92 Å². The molecular weight excluding hydrogens is 416 g/mol. The number of hydrogen-bond acceptors (Lipinski definition) is 4. The van der Waals surface area contributed by atoms with Crippen molar-refractivity contribution >= 4 is 11.9 Å². The highest BCUT2D eigenvalue weighted by molar-refractivity contribution is 5.80. The van der Waals surface area contributed by atoms with Crippen LogP contribution in [0.1, 0.15) is 36.0 Å². The Bertz CT molecular complexity index is 998. The monoisotopic (exact) mass is 448 g/mol. The van der Waals surface area contributed by atoms with Crippen molar-refractivity contribution in [2.45, 2.75) is 50.7 Å². The molecule has 2 aromatic rings. The second-order valence-electron chi connectivity index (χ2n) is 9.67. The number of urea groups is 1. The molecule has 1 aromatic heterocycles. The number of rotatable bonds is 5. The quantitative estimate of drug-likeness (QED) is 0.705. The number of amides is 3. The molecule has 3 saturated heterocycles. The number of likely N-dealkylation sites (tertiary alicyclic amines) is 1. The van der Waals surface area contributed by atoms with Crippen LogP contribution in [0.2, 0.25) is 0 Å². The van der Waals surface area contributed by atoms with E-state index in [1.54, 1.807) is 6.20 Å². The molecule has 4 heterocycles. The number of aryl methyl sites for hydroxylation is 1. The average molecular weight is 449 g/mol. The fraction of sp³-hybridized carbons (Fsp3) is 0.500. The number of hydrogen-bond donors (Lipinski definition) is 0. The highest BCUT2D eigenvalue weighted by Gasteiger charge is 2.54. The lowest BCUT2D eigenvalue weighted by molar-refractivity contribution is -0.132. The van der Waals surface area contributed by atoms with Crippen molar-refractivity contribution in [3.8, 4) is 0 Å². The number of nitrogens with zero attached hydrogens (tertiary/aromatic N) is 4. The summed E-state index contributed by atoms with van der Waals surface area (Å²) in [7, 11) is 0. The summed E-state index contributed by atoms with van der Waals surface area (Å²) in [4.78, 5) is 36.7. The number of carbonyl (C=O) groups excluding carboxylic acids is 2. The van der Waals surface area contributed by atoms with Crippen molar-refractivity contribution in [3.05, 3.63) is 65.5 Å². The molecule has 5 rings (SSSR count). The predicted molar refractivity (Wildman–Crippen MR) is 125 cm³/mol. The number of ether oxygens (including phenoxy) is 1. The van der Waals surface area contributed by atoms with E-state index in [0.29, 0.717) is 45.8 Å². The Balaban J connectivity index is 1.24. The minimum Gasteiger partial charge on any atom is -0.379 e. The van der Waals surface area contributed by atoms with Gasteiger partial charge in [-0.2, -0.15) is 0 Å². The van der Waals surface area contributed by atoms with Gasteiger partial charge < -0.3 is 19.4 Å². The fourth-order valence-electron chi connectivity index (χ4n) is 5.63. The van der Waals surface area contributed by atoms with E-state index >= 15 is 0 Å². The van der Waals surface area contributed by atoms with E-state index in [2.05, 4.69) is 16.0 Å². The largest absolute Gasteiger partial charge is 0.379 e. The van der Waals surface area contributed by atoms with Crippen molar-refractivity contribution in [3.63, 3.8) is 0 Å². The second kappa shape index (κ2) is 9.14. The molecular formula is C26H32N4O3. The molecule has 3 amide bonds. The van der Waals surface area contributed by atoms with E-state index in [0.717, 1.165) is 30.4 Å². The summed E-state index contributed by atoms with van der Waals surface area (Å²) in [6.07, 6.45) is 6.51. The highest BCUT2D eigenvalue weighted by Crippen LogP contribution is 2.38. The van der Waals surface area contributed by atoms with Crippen LogP contribution in [-0.2, 0) is 22.5 Å². The van der Waals surface area contributed by atoms with Gasteiger partial charge in [-0.3, -0.25) is 9.78 Å². The van der Waals surface area contributed by atoms with Crippen LogP contribution in [-0.4, -0.2) is 76.1 Å². The molecule has 7 nitrogen and oxygen atoms in total. The highest BCUT2D eigenvalue weighted by atomic mass is 16.5. The van der Waals surface area contributed by atoms with Crippen LogP contribution >= 0.6 is 0 Å². The van der Waals surface area contributed by atoms with Gasteiger partial charge in [-0.1, -0.05) is 35.9 Å². The number of benzene rings is 1. The Labute approximate surface area is 195 Å². The van der Waals surface area contributed by atoms with Gasteiger partial charge in [0.05, 0.1) is 18.6 Å². The van der Waals surface area contributed by atoms with Crippen LogP contribution in [0.25, 0.3) is 0 Å². The van der Waals surface area contributed by atoms with E-state index in [1.807, 2.05) is 53.3 Å². The topological polar surface area (TPSA) is 66.0 Å². The molecule has 0 aliphatic carbocycles. The minimum absolute atomic E-state index is 0.0916. The Morgan fingerprint density at radius 2 is 2.00 bits per heavy atom. The SMILES string of the molecule is Cc1cccc(CC(=O)N2CCC(N3C(=O)N(Cc4cccnc4)CC34CCOC4)CC2)c1. The van der Waals surface area contributed by atoms with Crippen LogP contribution in [0.4, 0.5) is 4.79 Å². The maximum absolute atomic E-state index is 13.6. The van der Waals surface area contributed by atoms with E-state index in [1.165, 1.54) is 5.56 Å². The third-order valence-electron chi connectivity index (χ3n) is 7.27. The lowest BCUT2D eigenvalue weighted by atomic mass is 9.92. The van der Waals surface area contributed by atoms with Crippen LogP contribution in [0.15, 0.2) is 48.8 Å². The summed E-state index contributed by atoms with van der Waals surface area (Å²) in [5.74, 6) is 0.170. The van der Waals surface area contributed by atoms with Crippen molar-refractivity contribution in [1.82, 2.24) is 19.7 Å². The molecule has 3 aliphatic rings. The molecule has 1 spiro atoms. The van der Waals surface area contributed by atoms with Crippen molar-refractivity contribution in [2.75, 3.05) is 32.8 Å². The van der Waals surface area contributed by atoms with Crippen LogP contribution in [0.5, 0.6) is 0 Å². The summed E-state index contributed by atoms with van der Waals surface area (Å²) in [5, 5.41) is 0.